The molecule has 0 aromatic rings. The molecule has 0 spiro atoms. The Morgan fingerprint density at radius 2 is 2.36 bits per heavy atom. The van der Waals surface area contributed by atoms with Crippen LogP contribution in [0.5, 0.6) is 0 Å². The number of halogens is 1. The van der Waals surface area contributed by atoms with Crippen molar-refractivity contribution in [1.82, 2.24) is 4.90 Å². The lowest BCUT2D eigenvalue weighted by molar-refractivity contribution is 0.301. The van der Waals surface area contributed by atoms with Gasteiger partial charge in [0.2, 0.25) is 0 Å². The highest BCUT2D eigenvalue weighted by atomic mass is 79.9. The molecule has 3 nitrogen and oxygen atoms in total. The van der Waals surface area contributed by atoms with Gasteiger partial charge in [-0.15, -0.1) is 17.0 Å². The fraction of sp³-hybridized carbons (Fsp3) is 0.857. The number of amidine groups is 1. The second kappa shape index (κ2) is 5.55. The first-order chi connectivity index (χ1) is 4.88. The van der Waals surface area contributed by atoms with Gasteiger partial charge in [-0.05, 0) is 6.92 Å². The molecule has 0 saturated carbocycles. The average molecular weight is 223 g/mol. The zero-order valence-electron chi connectivity index (χ0n) is 6.79. The van der Waals surface area contributed by atoms with Crippen molar-refractivity contribution in [1.29, 1.82) is 0 Å². The van der Waals surface area contributed by atoms with Crippen molar-refractivity contribution in [2.24, 2.45) is 4.99 Å². The molecule has 0 fully saturated rings. The van der Waals surface area contributed by atoms with E-state index in [9.17, 15) is 0 Å². The monoisotopic (exact) mass is 222 g/mol. The van der Waals surface area contributed by atoms with Crippen molar-refractivity contribution in [2.45, 2.75) is 13.3 Å². The van der Waals surface area contributed by atoms with E-state index in [2.05, 4.69) is 16.8 Å². The third-order valence-corrected chi connectivity index (χ3v) is 1.75. The van der Waals surface area contributed by atoms with Crippen LogP contribution in [0.2, 0.25) is 0 Å². The number of rotatable bonds is 3. The SMILES string of the molecule is Br.CCN1CCN=C1CCO. The van der Waals surface area contributed by atoms with E-state index in [-0.39, 0.29) is 23.6 Å². The molecule has 1 aliphatic rings. The summed E-state index contributed by atoms with van der Waals surface area (Å²) >= 11 is 0. The molecule has 1 N–H and O–H groups in total. The molecule has 4 heteroatoms. The Morgan fingerprint density at radius 1 is 1.64 bits per heavy atom. The highest BCUT2D eigenvalue weighted by Gasteiger charge is 2.12. The first-order valence-electron chi connectivity index (χ1n) is 3.77. The normalized spacial score (nSPS) is 16.2. The molecule has 0 atom stereocenters. The molecule has 0 aromatic carbocycles. The van der Waals surface area contributed by atoms with Crippen LogP contribution in [0.1, 0.15) is 13.3 Å². The number of nitrogens with zero attached hydrogens (tertiary/aromatic N) is 2. The van der Waals surface area contributed by atoms with Gasteiger partial charge in [0.05, 0.1) is 13.2 Å². The standard InChI is InChI=1S/C7H14N2O.BrH/c1-2-9-5-4-8-7(9)3-6-10;/h10H,2-6H2,1H3;1H. The van der Waals surface area contributed by atoms with Gasteiger partial charge < -0.3 is 10.0 Å². The van der Waals surface area contributed by atoms with Gasteiger partial charge in [-0.2, -0.15) is 0 Å². The molecule has 66 valence electrons. The van der Waals surface area contributed by atoms with Gasteiger partial charge in [-0.3, -0.25) is 4.99 Å². The largest absolute Gasteiger partial charge is 0.396 e. The Balaban J connectivity index is 0.000001000. The first-order valence-corrected chi connectivity index (χ1v) is 3.77. The molecule has 0 aliphatic carbocycles. The van der Waals surface area contributed by atoms with Gasteiger partial charge in [0.25, 0.3) is 0 Å². The summed E-state index contributed by atoms with van der Waals surface area (Å²) in [6.45, 7) is 5.28. The fourth-order valence-electron chi connectivity index (χ4n) is 1.21. The number of aliphatic imine (C=N–C) groups is 1. The van der Waals surface area contributed by atoms with Crippen LogP contribution in [-0.4, -0.2) is 42.1 Å². The maximum atomic E-state index is 8.63. The van der Waals surface area contributed by atoms with Gasteiger partial charge >= 0.3 is 0 Å². The Hall–Kier alpha value is -0.0900. The Kier molecular flexibility index (Phi) is 5.50. The highest BCUT2D eigenvalue weighted by Crippen LogP contribution is 2.03. The van der Waals surface area contributed by atoms with Gasteiger partial charge in [0.15, 0.2) is 0 Å². The summed E-state index contributed by atoms with van der Waals surface area (Å²) in [5.74, 6) is 1.07. The van der Waals surface area contributed by atoms with Crippen LogP contribution in [0.15, 0.2) is 4.99 Å². The minimum Gasteiger partial charge on any atom is -0.396 e. The van der Waals surface area contributed by atoms with Crippen molar-refractivity contribution in [3.05, 3.63) is 0 Å². The Labute approximate surface area is 77.9 Å². The number of hydrogen-bond acceptors (Lipinski definition) is 3. The average Bonchev–Trinajstić information content (AvgIpc) is 2.36. The van der Waals surface area contributed by atoms with Crippen LogP contribution >= 0.6 is 17.0 Å². The molecule has 0 amide bonds. The molecular formula is C7H15BrN2O. The lowest BCUT2D eigenvalue weighted by Gasteiger charge is -2.16. The lowest BCUT2D eigenvalue weighted by atomic mass is 10.4. The van der Waals surface area contributed by atoms with E-state index < -0.39 is 0 Å². The third-order valence-electron chi connectivity index (χ3n) is 1.75. The Bertz CT molecular complexity index is 138. The number of aliphatic hydroxyl groups is 1. The lowest BCUT2D eigenvalue weighted by Crippen LogP contribution is -2.27. The summed E-state index contributed by atoms with van der Waals surface area (Å²) in [6, 6.07) is 0. The number of hydrogen-bond donors (Lipinski definition) is 1. The maximum Gasteiger partial charge on any atom is 0.101 e. The van der Waals surface area contributed by atoms with Crippen LogP contribution in [0, 0.1) is 0 Å². The van der Waals surface area contributed by atoms with Crippen LogP contribution in [0.25, 0.3) is 0 Å². The second-order valence-corrected chi connectivity index (χ2v) is 2.35. The summed E-state index contributed by atoms with van der Waals surface area (Å²) in [5, 5.41) is 8.63. The summed E-state index contributed by atoms with van der Waals surface area (Å²) in [6.07, 6.45) is 0.716. The molecule has 11 heavy (non-hydrogen) atoms. The van der Waals surface area contributed by atoms with E-state index in [0.717, 1.165) is 25.5 Å². The van der Waals surface area contributed by atoms with Gasteiger partial charge in [-0.25, -0.2) is 0 Å². The van der Waals surface area contributed by atoms with E-state index in [4.69, 9.17) is 5.11 Å². The topological polar surface area (TPSA) is 35.8 Å². The van der Waals surface area contributed by atoms with Crippen molar-refractivity contribution in [3.63, 3.8) is 0 Å². The van der Waals surface area contributed by atoms with E-state index in [1.165, 1.54) is 0 Å². The van der Waals surface area contributed by atoms with Crippen LogP contribution in [0.4, 0.5) is 0 Å². The fourth-order valence-corrected chi connectivity index (χ4v) is 1.21. The predicted molar refractivity (Wildman–Crippen MR) is 51.6 cm³/mol. The van der Waals surface area contributed by atoms with Gasteiger partial charge in [0, 0.05) is 19.5 Å². The molecule has 0 radical (unpaired) electrons. The highest BCUT2D eigenvalue weighted by molar-refractivity contribution is 8.93. The first kappa shape index (κ1) is 10.9. The van der Waals surface area contributed by atoms with Crippen LogP contribution < -0.4 is 0 Å². The van der Waals surface area contributed by atoms with Crippen LogP contribution in [0.3, 0.4) is 0 Å². The summed E-state index contributed by atoms with van der Waals surface area (Å²) in [4.78, 5) is 6.46. The number of aliphatic hydroxyl groups excluding tert-OH is 1. The van der Waals surface area contributed by atoms with E-state index in [0.29, 0.717) is 6.42 Å². The zero-order chi connectivity index (χ0) is 7.40. The predicted octanol–water partition coefficient (Wildman–Crippen LogP) is 0.681. The molecule has 0 aromatic heterocycles. The van der Waals surface area contributed by atoms with Gasteiger partial charge in [-0.1, -0.05) is 0 Å². The second-order valence-electron chi connectivity index (χ2n) is 2.35. The molecule has 0 unspecified atom stereocenters. The molecule has 1 aliphatic heterocycles. The minimum absolute atomic E-state index is 0. The minimum atomic E-state index is 0. The number of likely N-dealkylation sites (N-methyl/N-ethyl adjacent to an activating group) is 1. The smallest absolute Gasteiger partial charge is 0.101 e. The van der Waals surface area contributed by atoms with E-state index in [1.54, 1.807) is 0 Å². The van der Waals surface area contributed by atoms with Crippen molar-refractivity contribution in [2.75, 3.05) is 26.2 Å². The van der Waals surface area contributed by atoms with E-state index >= 15 is 0 Å². The van der Waals surface area contributed by atoms with E-state index in [1.807, 2.05) is 0 Å². The zero-order valence-corrected chi connectivity index (χ0v) is 8.50. The van der Waals surface area contributed by atoms with Crippen molar-refractivity contribution >= 4 is 22.8 Å². The molecule has 1 rings (SSSR count). The van der Waals surface area contributed by atoms with Gasteiger partial charge in [0.1, 0.15) is 5.84 Å². The molecule has 0 saturated heterocycles. The van der Waals surface area contributed by atoms with Crippen molar-refractivity contribution < 1.29 is 5.11 Å². The molecule has 1 heterocycles. The molecular weight excluding hydrogens is 208 g/mol. The summed E-state index contributed by atoms with van der Waals surface area (Å²) < 4.78 is 0. The summed E-state index contributed by atoms with van der Waals surface area (Å²) in [7, 11) is 0. The van der Waals surface area contributed by atoms with Crippen molar-refractivity contribution in [3.8, 4) is 0 Å². The summed E-state index contributed by atoms with van der Waals surface area (Å²) in [5.41, 5.74) is 0. The third kappa shape index (κ3) is 2.79. The molecule has 0 bridgehead atoms. The Morgan fingerprint density at radius 3 is 2.91 bits per heavy atom. The quantitative estimate of drug-likeness (QED) is 0.763. The van der Waals surface area contributed by atoms with Crippen LogP contribution in [-0.2, 0) is 0 Å². The maximum absolute atomic E-state index is 8.63.